The van der Waals surface area contributed by atoms with Crippen molar-refractivity contribution in [2.24, 2.45) is 5.92 Å². The fraction of sp³-hybridized carbons (Fsp3) is 0.533. The molecule has 3 heteroatoms. The standard InChI is InChI=1S/C15H19NO2/c1-11(17)18-15-10-16-8-7-13(15)14(9-16)12-5-3-2-4-6-12/h2-6,13-15H,7-10H2,1H3/t13-,14-,15-/m0/s1. The second kappa shape index (κ2) is 4.73. The van der Waals surface area contributed by atoms with E-state index in [-0.39, 0.29) is 12.1 Å². The van der Waals surface area contributed by atoms with E-state index in [4.69, 9.17) is 4.74 Å². The fourth-order valence-electron chi connectivity index (χ4n) is 3.43. The minimum absolute atomic E-state index is 0.0789. The molecule has 1 aromatic rings. The third-order valence-electron chi connectivity index (χ3n) is 4.21. The van der Waals surface area contributed by atoms with Gasteiger partial charge < -0.3 is 4.74 Å². The molecule has 2 bridgehead atoms. The quantitative estimate of drug-likeness (QED) is 0.747. The molecule has 3 aliphatic heterocycles. The van der Waals surface area contributed by atoms with Gasteiger partial charge in [-0.2, -0.15) is 0 Å². The van der Waals surface area contributed by atoms with Crippen LogP contribution in [0, 0.1) is 5.92 Å². The average molecular weight is 245 g/mol. The predicted octanol–water partition coefficient (Wildman–Crippen LogP) is 2.04. The first-order chi connectivity index (χ1) is 8.74. The minimum atomic E-state index is -0.152. The third kappa shape index (κ3) is 2.15. The summed E-state index contributed by atoms with van der Waals surface area (Å²) in [5, 5.41) is 0. The molecule has 0 spiro atoms. The molecule has 3 aliphatic rings. The molecular weight excluding hydrogens is 226 g/mol. The van der Waals surface area contributed by atoms with Crippen LogP contribution < -0.4 is 0 Å². The van der Waals surface area contributed by atoms with Crippen molar-refractivity contribution in [1.29, 1.82) is 0 Å². The lowest BCUT2D eigenvalue weighted by molar-refractivity contribution is -0.157. The second-order valence-corrected chi connectivity index (χ2v) is 5.38. The van der Waals surface area contributed by atoms with Crippen LogP contribution in [0.3, 0.4) is 0 Å². The van der Waals surface area contributed by atoms with E-state index in [0.29, 0.717) is 11.8 Å². The van der Waals surface area contributed by atoms with Gasteiger partial charge in [0.1, 0.15) is 6.10 Å². The predicted molar refractivity (Wildman–Crippen MR) is 69.3 cm³/mol. The summed E-state index contributed by atoms with van der Waals surface area (Å²) in [6.07, 6.45) is 1.22. The number of nitrogens with zero attached hydrogens (tertiary/aromatic N) is 1. The highest BCUT2D eigenvalue weighted by molar-refractivity contribution is 5.66. The number of rotatable bonds is 2. The Labute approximate surface area is 108 Å². The van der Waals surface area contributed by atoms with Gasteiger partial charge in [0.2, 0.25) is 0 Å². The normalized spacial score (nSPS) is 34.3. The smallest absolute Gasteiger partial charge is 0.302 e. The molecule has 3 fully saturated rings. The molecule has 4 rings (SSSR count). The van der Waals surface area contributed by atoms with E-state index < -0.39 is 0 Å². The van der Waals surface area contributed by atoms with Gasteiger partial charge in [0, 0.05) is 31.8 Å². The molecule has 0 aromatic heterocycles. The van der Waals surface area contributed by atoms with Crippen molar-refractivity contribution >= 4 is 5.97 Å². The lowest BCUT2D eigenvalue weighted by Crippen LogP contribution is -2.55. The topological polar surface area (TPSA) is 29.5 Å². The Kier molecular flexibility index (Phi) is 3.08. The SMILES string of the molecule is CC(=O)O[C@H]1CN2CC[C@H]1[C@H](c1ccccc1)C2. The largest absolute Gasteiger partial charge is 0.461 e. The van der Waals surface area contributed by atoms with Crippen molar-refractivity contribution in [3.8, 4) is 0 Å². The van der Waals surface area contributed by atoms with Gasteiger partial charge in [-0.25, -0.2) is 0 Å². The van der Waals surface area contributed by atoms with Gasteiger partial charge >= 0.3 is 5.97 Å². The van der Waals surface area contributed by atoms with Crippen molar-refractivity contribution in [2.45, 2.75) is 25.4 Å². The molecule has 0 N–H and O–H groups in total. The zero-order chi connectivity index (χ0) is 12.5. The Morgan fingerprint density at radius 3 is 2.72 bits per heavy atom. The van der Waals surface area contributed by atoms with Crippen LogP contribution in [0.1, 0.15) is 24.8 Å². The van der Waals surface area contributed by atoms with Crippen LogP contribution >= 0.6 is 0 Å². The number of benzene rings is 1. The molecule has 0 amide bonds. The Hall–Kier alpha value is -1.35. The highest BCUT2D eigenvalue weighted by Gasteiger charge is 2.43. The number of carbonyl (C=O) groups is 1. The zero-order valence-corrected chi connectivity index (χ0v) is 10.7. The molecular formula is C15H19NO2. The number of fused-ring (bicyclic) bond motifs is 3. The van der Waals surface area contributed by atoms with Crippen molar-refractivity contribution in [1.82, 2.24) is 4.90 Å². The van der Waals surface area contributed by atoms with Gasteiger partial charge in [0.25, 0.3) is 0 Å². The van der Waals surface area contributed by atoms with E-state index in [1.54, 1.807) is 0 Å². The van der Waals surface area contributed by atoms with Crippen LogP contribution in [0.4, 0.5) is 0 Å². The molecule has 18 heavy (non-hydrogen) atoms. The van der Waals surface area contributed by atoms with Crippen molar-refractivity contribution in [3.05, 3.63) is 35.9 Å². The highest BCUT2D eigenvalue weighted by Crippen LogP contribution is 2.40. The Bertz CT molecular complexity index is 431. The van der Waals surface area contributed by atoms with Gasteiger partial charge in [-0.1, -0.05) is 30.3 Å². The van der Waals surface area contributed by atoms with E-state index in [9.17, 15) is 4.79 Å². The van der Waals surface area contributed by atoms with E-state index in [1.807, 2.05) is 0 Å². The summed E-state index contributed by atoms with van der Waals surface area (Å²) >= 11 is 0. The number of hydrogen-bond acceptors (Lipinski definition) is 3. The lowest BCUT2D eigenvalue weighted by Gasteiger charge is -2.49. The number of carbonyl (C=O) groups excluding carboxylic acids is 1. The van der Waals surface area contributed by atoms with E-state index in [0.717, 1.165) is 26.1 Å². The van der Waals surface area contributed by atoms with Gasteiger partial charge in [-0.3, -0.25) is 9.69 Å². The monoisotopic (exact) mass is 245 g/mol. The van der Waals surface area contributed by atoms with Crippen molar-refractivity contribution in [2.75, 3.05) is 19.6 Å². The van der Waals surface area contributed by atoms with Crippen LogP contribution in [0.25, 0.3) is 0 Å². The van der Waals surface area contributed by atoms with Crippen molar-refractivity contribution < 1.29 is 9.53 Å². The summed E-state index contributed by atoms with van der Waals surface area (Å²) in [5.74, 6) is 0.847. The molecule has 96 valence electrons. The first-order valence-electron chi connectivity index (χ1n) is 6.68. The maximum absolute atomic E-state index is 11.2. The van der Waals surface area contributed by atoms with E-state index in [2.05, 4.69) is 35.2 Å². The van der Waals surface area contributed by atoms with Crippen LogP contribution in [0.15, 0.2) is 30.3 Å². The van der Waals surface area contributed by atoms with Gasteiger partial charge in [-0.15, -0.1) is 0 Å². The average Bonchev–Trinajstić information content (AvgIpc) is 2.39. The Balaban J connectivity index is 1.82. The van der Waals surface area contributed by atoms with Crippen LogP contribution in [-0.4, -0.2) is 36.6 Å². The maximum Gasteiger partial charge on any atom is 0.302 e. The fourth-order valence-corrected chi connectivity index (χ4v) is 3.43. The Morgan fingerprint density at radius 1 is 1.28 bits per heavy atom. The van der Waals surface area contributed by atoms with E-state index >= 15 is 0 Å². The minimum Gasteiger partial charge on any atom is -0.461 e. The number of piperidine rings is 3. The molecule has 3 nitrogen and oxygen atoms in total. The number of hydrogen-bond donors (Lipinski definition) is 0. The summed E-state index contributed by atoms with van der Waals surface area (Å²) in [4.78, 5) is 13.6. The molecule has 0 saturated carbocycles. The van der Waals surface area contributed by atoms with Gasteiger partial charge in [0.05, 0.1) is 0 Å². The third-order valence-corrected chi connectivity index (χ3v) is 4.21. The molecule has 1 aromatic carbocycles. The lowest BCUT2D eigenvalue weighted by atomic mass is 9.74. The van der Waals surface area contributed by atoms with Crippen LogP contribution in [0.5, 0.6) is 0 Å². The first kappa shape index (κ1) is 11.7. The molecule has 4 atom stereocenters. The summed E-state index contributed by atoms with van der Waals surface area (Å²) in [6.45, 7) is 4.67. The van der Waals surface area contributed by atoms with Crippen LogP contribution in [-0.2, 0) is 9.53 Å². The first-order valence-corrected chi connectivity index (χ1v) is 6.68. The molecule has 0 aliphatic carbocycles. The Morgan fingerprint density at radius 2 is 2.06 bits per heavy atom. The summed E-state index contributed by atoms with van der Waals surface area (Å²) in [5.41, 5.74) is 1.38. The molecule has 3 heterocycles. The van der Waals surface area contributed by atoms with Gasteiger partial charge in [0.15, 0.2) is 0 Å². The van der Waals surface area contributed by atoms with Crippen LogP contribution in [0.2, 0.25) is 0 Å². The van der Waals surface area contributed by atoms with E-state index in [1.165, 1.54) is 12.5 Å². The highest BCUT2D eigenvalue weighted by atomic mass is 16.5. The summed E-state index contributed by atoms with van der Waals surface area (Å²) in [6, 6.07) is 10.6. The summed E-state index contributed by atoms with van der Waals surface area (Å²) < 4.78 is 5.50. The summed E-state index contributed by atoms with van der Waals surface area (Å²) in [7, 11) is 0. The molecule has 1 unspecified atom stereocenters. The number of esters is 1. The maximum atomic E-state index is 11.2. The number of ether oxygens (including phenoxy) is 1. The second-order valence-electron chi connectivity index (χ2n) is 5.38. The molecule has 0 radical (unpaired) electrons. The zero-order valence-electron chi connectivity index (χ0n) is 10.7. The van der Waals surface area contributed by atoms with Crippen molar-refractivity contribution in [3.63, 3.8) is 0 Å². The molecule has 3 saturated heterocycles. The van der Waals surface area contributed by atoms with Gasteiger partial charge in [-0.05, 0) is 18.5 Å².